The minimum absolute atomic E-state index is 0.0558. The van der Waals surface area contributed by atoms with Gasteiger partial charge >= 0.3 is 0 Å². The second-order valence-corrected chi connectivity index (χ2v) is 5.09. The maximum atomic E-state index is 5.72. The standard InChI is InChI=1S/C15H23NO2/c1-15(9-5-12-18-15)13-16-10-6-11-17-14-7-3-2-4-8-14/h2-4,7-8,16H,5-6,9-13H2,1H3. The zero-order valence-electron chi connectivity index (χ0n) is 11.2. The van der Waals surface area contributed by atoms with Crippen molar-refractivity contribution in [1.29, 1.82) is 0 Å². The summed E-state index contributed by atoms with van der Waals surface area (Å²) in [5, 5.41) is 3.45. The van der Waals surface area contributed by atoms with Crippen molar-refractivity contribution < 1.29 is 9.47 Å². The van der Waals surface area contributed by atoms with E-state index >= 15 is 0 Å². The van der Waals surface area contributed by atoms with E-state index in [2.05, 4.69) is 12.2 Å². The number of nitrogens with one attached hydrogen (secondary N) is 1. The second kappa shape index (κ2) is 6.76. The summed E-state index contributed by atoms with van der Waals surface area (Å²) in [5.41, 5.74) is 0.0558. The zero-order chi connectivity index (χ0) is 12.7. The fourth-order valence-corrected chi connectivity index (χ4v) is 2.23. The highest BCUT2D eigenvalue weighted by Crippen LogP contribution is 2.23. The molecule has 0 spiro atoms. The Labute approximate surface area is 109 Å². The summed E-state index contributed by atoms with van der Waals surface area (Å²) in [7, 11) is 0. The van der Waals surface area contributed by atoms with Crippen molar-refractivity contribution in [2.24, 2.45) is 0 Å². The Kier molecular flexibility index (Phi) is 5.02. The van der Waals surface area contributed by atoms with Crippen LogP contribution in [0.15, 0.2) is 30.3 Å². The molecular weight excluding hydrogens is 226 g/mol. The van der Waals surface area contributed by atoms with Crippen molar-refractivity contribution in [3.8, 4) is 5.75 Å². The maximum Gasteiger partial charge on any atom is 0.119 e. The predicted molar refractivity (Wildman–Crippen MR) is 73.0 cm³/mol. The Morgan fingerprint density at radius 3 is 2.89 bits per heavy atom. The molecule has 1 heterocycles. The molecule has 3 heteroatoms. The summed E-state index contributed by atoms with van der Waals surface area (Å²) in [6.07, 6.45) is 3.38. The van der Waals surface area contributed by atoms with Crippen molar-refractivity contribution >= 4 is 0 Å². The van der Waals surface area contributed by atoms with E-state index in [1.807, 2.05) is 30.3 Å². The van der Waals surface area contributed by atoms with Gasteiger partial charge in [-0.05, 0) is 44.9 Å². The summed E-state index contributed by atoms with van der Waals surface area (Å²) in [6, 6.07) is 9.95. The van der Waals surface area contributed by atoms with Crippen LogP contribution >= 0.6 is 0 Å². The first kappa shape index (κ1) is 13.4. The monoisotopic (exact) mass is 249 g/mol. The van der Waals surface area contributed by atoms with Gasteiger partial charge in [-0.2, -0.15) is 0 Å². The lowest BCUT2D eigenvalue weighted by atomic mass is 10.0. The molecule has 1 aromatic rings. The van der Waals surface area contributed by atoms with Crippen LogP contribution in [0.5, 0.6) is 5.75 Å². The number of hydrogen-bond acceptors (Lipinski definition) is 3. The minimum Gasteiger partial charge on any atom is -0.494 e. The van der Waals surface area contributed by atoms with Gasteiger partial charge in [0.15, 0.2) is 0 Å². The van der Waals surface area contributed by atoms with E-state index in [4.69, 9.17) is 9.47 Å². The SMILES string of the molecule is CC1(CNCCCOc2ccccc2)CCCO1. The molecular formula is C15H23NO2. The van der Waals surface area contributed by atoms with E-state index in [1.54, 1.807) is 0 Å². The topological polar surface area (TPSA) is 30.5 Å². The van der Waals surface area contributed by atoms with Crippen LogP contribution in [-0.4, -0.2) is 31.9 Å². The molecule has 100 valence electrons. The van der Waals surface area contributed by atoms with Crippen LogP contribution in [-0.2, 0) is 4.74 Å². The average Bonchev–Trinajstić information content (AvgIpc) is 2.82. The summed E-state index contributed by atoms with van der Waals surface area (Å²) < 4.78 is 11.4. The summed E-state index contributed by atoms with van der Waals surface area (Å²) >= 11 is 0. The summed E-state index contributed by atoms with van der Waals surface area (Å²) in [5.74, 6) is 0.948. The Morgan fingerprint density at radius 2 is 2.17 bits per heavy atom. The molecule has 0 aliphatic carbocycles. The van der Waals surface area contributed by atoms with Crippen molar-refractivity contribution in [1.82, 2.24) is 5.32 Å². The van der Waals surface area contributed by atoms with E-state index in [-0.39, 0.29) is 5.60 Å². The molecule has 0 radical (unpaired) electrons. The molecule has 0 amide bonds. The number of rotatable bonds is 7. The van der Waals surface area contributed by atoms with Crippen LogP contribution in [0.2, 0.25) is 0 Å². The molecule has 18 heavy (non-hydrogen) atoms. The van der Waals surface area contributed by atoms with Crippen LogP contribution in [0.1, 0.15) is 26.2 Å². The lowest BCUT2D eigenvalue weighted by Gasteiger charge is -2.23. The molecule has 0 aromatic heterocycles. The quantitative estimate of drug-likeness (QED) is 0.754. The molecule has 1 aromatic carbocycles. The summed E-state index contributed by atoms with van der Waals surface area (Å²) in [4.78, 5) is 0. The van der Waals surface area contributed by atoms with E-state index in [0.29, 0.717) is 0 Å². The lowest BCUT2D eigenvalue weighted by molar-refractivity contribution is 0.0208. The Bertz CT molecular complexity index is 334. The van der Waals surface area contributed by atoms with E-state index < -0.39 is 0 Å². The first-order valence-corrected chi connectivity index (χ1v) is 6.81. The molecule has 1 saturated heterocycles. The van der Waals surface area contributed by atoms with Crippen LogP contribution in [0.25, 0.3) is 0 Å². The van der Waals surface area contributed by atoms with Crippen LogP contribution in [0, 0.1) is 0 Å². The van der Waals surface area contributed by atoms with Gasteiger partial charge in [-0.25, -0.2) is 0 Å². The van der Waals surface area contributed by atoms with E-state index in [9.17, 15) is 0 Å². The Balaban J connectivity index is 1.51. The first-order valence-electron chi connectivity index (χ1n) is 6.81. The highest BCUT2D eigenvalue weighted by atomic mass is 16.5. The molecule has 1 N–H and O–H groups in total. The molecule has 0 saturated carbocycles. The van der Waals surface area contributed by atoms with Gasteiger partial charge in [0.05, 0.1) is 12.2 Å². The van der Waals surface area contributed by atoms with Crippen LogP contribution < -0.4 is 10.1 Å². The van der Waals surface area contributed by atoms with Crippen molar-refractivity contribution in [2.75, 3.05) is 26.3 Å². The van der Waals surface area contributed by atoms with Gasteiger partial charge in [0, 0.05) is 13.2 Å². The molecule has 1 aliphatic heterocycles. The van der Waals surface area contributed by atoms with Gasteiger partial charge in [-0.1, -0.05) is 18.2 Å². The lowest BCUT2D eigenvalue weighted by Crippen LogP contribution is -2.37. The number of hydrogen-bond donors (Lipinski definition) is 1. The highest BCUT2D eigenvalue weighted by Gasteiger charge is 2.28. The van der Waals surface area contributed by atoms with Crippen LogP contribution in [0.4, 0.5) is 0 Å². The molecule has 1 aliphatic rings. The summed E-state index contributed by atoms with van der Waals surface area (Å²) in [6.45, 7) is 5.78. The third-order valence-corrected chi connectivity index (χ3v) is 3.31. The minimum atomic E-state index is 0.0558. The predicted octanol–water partition coefficient (Wildman–Crippen LogP) is 2.61. The highest BCUT2D eigenvalue weighted by molar-refractivity contribution is 5.20. The molecule has 1 unspecified atom stereocenters. The van der Waals surface area contributed by atoms with Crippen molar-refractivity contribution in [3.63, 3.8) is 0 Å². The fourth-order valence-electron chi connectivity index (χ4n) is 2.23. The third kappa shape index (κ3) is 4.31. The number of benzene rings is 1. The molecule has 3 nitrogen and oxygen atoms in total. The number of ether oxygens (including phenoxy) is 2. The van der Waals surface area contributed by atoms with Gasteiger partial charge in [0.25, 0.3) is 0 Å². The molecule has 2 rings (SSSR count). The van der Waals surface area contributed by atoms with Crippen molar-refractivity contribution in [2.45, 2.75) is 31.8 Å². The second-order valence-electron chi connectivity index (χ2n) is 5.09. The third-order valence-electron chi connectivity index (χ3n) is 3.31. The van der Waals surface area contributed by atoms with Gasteiger partial charge in [0.2, 0.25) is 0 Å². The Hall–Kier alpha value is -1.06. The van der Waals surface area contributed by atoms with Gasteiger partial charge in [-0.3, -0.25) is 0 Å². The van der Waals surface area contributed by atoms with E-state index in [1.165, 1.54) is 12.8 Å². The van der Waals surface area contributed by atoms with Gasteiger partial charge < -0.3 is 14.8 Å². The molecule has 1 atom stereocenters. The maximum absolute atomic E-state index is 5.72. The zero-order valence-corrected chi connectivity index (χ0v) is 11.2. The largest absolute Gasteiger partial charge is 0.494 e. The molecule has 1 fully saturated rings. The average molecular weight is 249 g/mol. The smallest absolute Gasteiger partial charge is 0.119 e. The van der Waals surface area contributed by atoms with Crippen LogP contribution in [0.3, 0.4) is 0 Å². The van der Waals surface area contributed by atoms with Gasteiger partial charge in [-0.15, -0.1) is 0 Å². The normalized spacial score (nSPS) is 23.2. The first-order chi connectivity index (χ1) is 8.79. The van der Waals surface area contributed by atoms with Gasteiger partial charge in [0.1, 0.15) is 5.75 Å². The fraction of sp³-hybridized carbons (Fsp3) is 0.600. The van der Waals surface area contributed by atoms with E-state index in [0.717, 1.165) is 38.5 Å². The van der Waals surface area contributed by atoms with Crippen molar-refractivity contribution in [3.05, 3.63) is 30.3 Å². The number of para-hydroxylation sites is 1. The molecule has 0 bridgehead atoms. The Morgan fingerprint density at radius 1 is 1.33 bits per heavy atom.